The molecule has 0 bridgehead atoms. The van der Waals surface area contributed by atoms with Gasteiger partial charge in [0.2, 0.25) is 9.84 Å². The fourth-order valence-electron chi connectivity index (χ4n) is 5.57. The van der Waals surface area contributed by atoms with Crippen LogP contribution in [0.1, 0.15) is 121 Å². The summed E-state index contributed by atoms with van der Waals surface area (Å²) < 4.78 is 42.5. The summed E-state index contributed by atoms with van der Waals surface area (Å²) in [5.74, 6) is 1.77. The van der Waals surface area contributed by atoms with Crippen LogP contribution in [0.4, 0.5) is 0 Å². The summed E-state index contributed by atoms with van der Waals surface area (Å²) in [5.41, 5.74) is 0.951. The highest BCUT2D eigenvalue weighted by Gasteiger charge is 2.33. The van der Waals surface area contributed by atoms with Gasteiger partial charge in [0, 0.05) is 25.4 Å². The second kappa shape index (κ2) is 15.1. The zero-order valence-electron chi connectivity index (χ0n) is 25.7. The average Bonchev–Trinajstić information content (AvgIpc) is 3.60. The topological polar surface area (TPSA) is 52.6 Å². The van der Waals surface area contributed by atoms with E-state index >= 15 is 0 Å². The molecule has 1 aliphatic heterocycles. The van der Waals surface area contributed by atoms with Gasteiger partial charge in [-0.2, -0.15) is 0 Å². The number of rotatable bonds is 18. The fourth-order valence-corrected chi connectivity index (χ4v) is 9.64. The van der Waals surface area contributed by atoms with Crippen molar-refractivity contribution in [2.45, 2.75) is 118 Å². The van der Waals surface area contributed by atoms with Gasteiger partial charge < -0.3 is 9.47 Å². The molecular formula is C34H48O4S3. The summed E-state index contributed by atoms with van der Waals surface area (Å²) >= 11 is 3.30. The SMILES string of the molecule is CCCCCCOc1c2cc(C3=C(CCCCCC)C=C(C)S3(=O)=O)sc2c(OCCCCCC)c2cc(C)sc12. The average molecular weight is 617 g/mol. The van der Waals surface area contributed by atoms with E-state index in [0.29, 0.717) is 23.0 Å². The highest BCUT2D eigenvalue weighted by molar-refractivity contribution is 8.04. The molecule has 0 radical (unpaired) electrons. The molecule has 0 fully saturated rings. The summed E-state index contributed by atoms with van der Waals surface area (Å²) in [5, 5.41) is 2.07. The molecule has 3 aromatic rings. The molecule has 0 spiro atoms. The minimum absolute atomic E-state index is 0.451. The summed E-state index contributed by atoms with van der Waals surface area (Å²) in [4.78, 5) is 2.97. The number of allylic oxidation sites excluding steroid dienone is 3. The van der Waals surface area contributed by atoms with Crippen LogP contribution < -0.4 is 9.47 Å². The minimum Gasteiger partial charge on any atom is -0.491 e. The number of sulfone groups is 1. The molecule has 0 unspecified atom stereocenters. The largest absolute Gasteiger partial charge is 0.491 e. The van der Waals surface area contributed by atoms with Gasteiger partial charge in [0.05, 0.1) is 27.5 Å². The van der Waals surface area contributed by atoms with Gasteiger partial charge in [-0.3, -0.25) is 0 Å². The maximum atomic E-state index is 13.6. The van der Waals surface area contributed by atoms with Crippen molar-refractivity contribution < 1.29 is 17.9 Å². The van der Waals surface area contributed by atoms with Crippen LogP contribution in [0.15, 0.2) is 28.7 Å². The monoisotopic (exact) mass is 616 g/mol. The first-order chi connectivity index (χ1) is 19.8. The van der Waals surface area contributed by atoms with Crippen molar-refractivity contribution in [3.05, 3.63) is 38.4 Å². The molecule has 3 heterocycles. The van der Waals surface area contributed by atoms with E-state index in [0.717, 1.165) is 93.5 Å². The van der Waals surface area contributed by atoms with Crippen LogP contribution in [-0.4, -0.2) is 21.6 Å². The van der Waals surface area contributed by atoms with Crippen molar-refractivity contribution in [3.63, 3.8) is 0 Å². The lowest BCUT2D eigenvalue weighted by atomic mass is 10.0. The third kappa shape index (κ3) is 7.40. The van der Waals surface area contributed by atoms with Gasteiger partial charge in [-0.25, -0.2) is 8.42 Å². The molecule has 2 aromatic heterocycles. The highest BCUT2D eigenvalue weighted by atomic mass is 32.2. The molecule has 0 atom stereocenters. The van der Waals surface area contributed by atoms with Gasteiger partial charge in [-0.1, -0.05) is 78.6 Å². The lowest BCUT2D eigenvalue weighted by Crippen LogP contribution is -2.00. The van der Waals surface area contributed by atoms with E-state index in [9.17, 15) is 8.42 Å². The van der Waals surface area contributed by atoms with Crippen molar-refractivity contribution in [2.24, 2.45) is 0 Å². The Labute approximate surface area is 255 Å². The highest BCUT2D eigenvalue weighted by Crippen LogP contribution is 2.52. The molecule has 4 nitrogen and oxygen atoms in total. The van der Waals surface area contributed by atoms with Gasteiger partial charge in [-0.15, -0.1) is 22.7 Å². The predicted octanol–water partition coefficient (Wildman–Crippen LogP) is 11.4. The number of unbranched alkanes of at least 4 members (excludes halogenated alkanes) is 9. The Morgan fingerprint density at radius 2 is 1.22 bits per heavy atom. The zero-order valence-corrected chi connectivity index (χ0v) is 28.1. The quantitative estimate of drug-likeness (QED) is 0.133. The van der Waals surface area contributed by atoms with E-state index in [1.54, 1.807) is 29.6 Å². The molecule has 1 aromatic carbocycles. The maximum absolute atomic E-state index is 13.6. The van der Waals surface area contributed by atoms with Gasteiger partial charge in [-0.05, 0) is 63.3 Å². The summed E-state index contributed by atoms with van der Waals surface area (Å²) in [6.45, 7) is 11.8. The van der Waals surface area contributed by atoms with Crippen LogP contribution in [0, 0.1) is 6.92 Å². The van der Waals surface area contributed by atoms with Gasteiger partial charge in [0.1, 0.15) is 11.5 Å². The van der Waals surface area contributed by atoms with E-state index in [4.69, 9.17) is 9.47 Å². The minimum atomic E-state index is -3.51. The van der Waals surface area contributed by atoms with Crippen LogP contribution >= 0.6 is 22.7 Å². The fraction of sp³-hybridized carbons (Fsp3) is 0.588. The van der Waals surface area contributed by atoms with Crippen molar-refractivity contribution in [1.82, 2.24) is 0 Å². The Hall–Kier alpha value is -1.83. The number of fused-ring (bicyclic) bond motifs is 2. The first-order valence-electron chi connectivity index (χ1n) is 15.8. The van der Waals surface area contributed by atoms with Gasteiger partial charge in [0.25, 0.3) is 0 Å². The molecule has 226 valence electrons. The molecular weight excluding hydrogens is 569 g/mol. The summed E-state index contributed by atoms with van der Waals surface area (Å²) in [6, 6.07) is 4.28. The van der Waals surface area contributed by atoms with Crippen LogP contribution in [0.3, 0.4) is 0 Å². The lowest BCUT2D eigenvalue weighted by Gasteiger charge is -2.13. The first-order valence-corrected chi connectivity index (χ1v) is 18.9. The number of hydrogen-bond acceptors (Lipinski definition) is 6. The third-order valence-corrected chi connectivity index (χ3v) is 12.2. The summed E-state index contributed by atoms with van der Waals surface area (Å²) in [6.07, 6.45) is 16.3. The molecule has 7 heteroatoms. The van der Waals surface area contributed by atoms with E-state index in [1.807, 2.05) is 6.08 Å². The molecule has 41 heavy (non-hydrogen) atoms. The molecule has 4 rings (SSSR count). The van der Waals surface area contributed by atoms with Crippen LogP contribution in [-0.2, 0) is 9.84 Å². The second-order valence-electron chi connectivity index (χ2n) is 11.4. The first kappa shape index (κ1) is 32.1. The normalized spacial score (nSPS) is 14.9. The number of aryl methyl sites for hydroxylation is 1. The smallest absolute Gasteiger partial charge is 0.204 e. The second-order valence-corrected chi connectivity index (χ2v) is 15.7. The van der Waals surface area contributed by atoms with Crippen molar-refractivity contribution >= 4 is 57.6 Å². The Kier molecular flexibility index (Phi) is 11.8. The van der Waals surface area contributed by atoms with Crippen molar-refractivity contribution in [1.29, 1.82) is 0 Å². The van der Waals surface area contributed by atoms with Gasteiger partial charge >= 0.3 is 0 Å². The van der Waals surface area contributed by atoms with E-state index in [1.165, 1.54) is 37.0 Å². The lowest BCUT2D eigenvalue weighted by molar-refractivity contribution is 0.307. The standard InChI is InChI=1S/C34H48O4S3/c1-6-9-12-15-18-26-22-25(5)41(35,36)34(26)29-23-28-31(38-20-17-14-11-8-3)32-27(21-24(4)39-32)30(33(28)40-29)37-19-16-13-10-7-2/h21-23H,6-20H2,1-5H3. The Balaban J connectivity index is 1.82. The van der Waals surface area contributed by atoms with E-state index < -0.39 is 9.84 Å². The van der Waals surface area contributed by atoms with Gasteiger partial charge in [0.15, 0.2) is 0 Å². The number of ether oxygens (including phenoxy) is 2. The Morgan fingerprint density at radius 3 is 1.80 bits per heavy atom. The van der Waals surface area contributed by atoms with Crippen molar-refractivity contribution in [2.75, 3.05) is 13.2 Å². The number of thiophene rings is 2. The van der Waals surface area contributed by atoms with Crippen LogP contribution in [0.2, 0.25) is 0 Å². The van der Waals surface area contributed by atoms with Crippen LogP contribution in [0.5, 0.6) is 11.5 Å². The summed E-state index contributed by atoms with van der Waals surface area (Å²) in [7, 11) is -3.51. The molecule has 0 saturated heterocycles. The van der Waals surface area contributed by atoms with E-state index in [2.05, 4.69) is 39.8 Å². The number of benzene rings is 1. The van der Waals surface area contributed by atoms with E-state index in [-0.39, 0.29) is 0 Å². The maximum Gasteiger partial charge on any atom is 0.204 e. The third-order valence-electron chi connectivity index (χ3n) is 7.86. The zero-order chi connectivity index (χ0) is 29.4. The Bertz CT molecular complexity index is 1420. The molecule has 1 aliphatic rings. The Morgan fingerprint density at radius 1 is 0.683 bits per heavy atom. The number of hydrogen-bond donors (Lipinski definition) is 0. The van der Waals surface area contributed by atoms with Crippen molar-refractivity contribution in [3.8, 4) is 11.5 Å². The van der Waals surface area contributed by atoms with Crippen LogP contribution in [0.25, 0.3) is 25.1 Å². The molecule has 0 saturated carbocycles. The molecule has 0 amide bonds. The molecule has 0 aliphatic carbocycles. The molecule has 0 N–H and O–H groups in total. The predicted molar refractivity (Wildman–Crippen MR) is 180 cm³/mol.